The molecule has 1 aromatic carbocycles. The highest BCUT2D eigenvalue weighted by molar-refractivity contribution is 5.98. The predicted molar refractivity (Wildman–Crippen MR) is 107 cm³/mol. The molecular formula is C20H24F2N6O2. The summed E-state index contributed by atoms with van der Waals surface area (Å²) in [4.78, 5) is 14.0. The lowest BCUT2D eigenvalue weighted by Crippen LogP contribution is -2.37. The first-order chi connectivity index (χ1) is 14.3. The van der Waals surface area contributed by atoms with Gasteiger partial charge in [0.05, 0.1) is 18.0 Å². The van der Waals surface area contributed by atoms with Crippen molar-refractivity contribution in [3.8, 4) is 11.8 Å². The van der Waals surface area contributed by atoms with Crippen LogP contribution in [0.5, 0.6) is 5.75 Å². The largest absolute Gasteiger partial charge is 0.435 e. The molecule has 1 heterocycles. The van der Waals surface area contributed by atoms with Crippen molar-refractivity contribution in [2.75, 3.05) is 19.4 Å². The van der Waals surface area contributed by atoms with Gasteiger partial charge in [-0.25, -0.2) is 0 Å². The van der Waals surface area contributed by atoms with Crippen LogP contribution >= 0.6 is 0 Å². The first-order valence-corrected chi connectivity index (χ1v) is 9.55. The topological polar surface area (TPSA) is 109 Å². The van der Waals surface area contributed by atoms with Crippen LogP contribution in [0.25, 0.3) is 0 Å². The molecule has 10 heteroatoms. The molecule has 3 rings (SSSR count). The monoisotopic (exact) mass is 418 g/mol. The number of nitrogens with zero attached hydrogens (tertiary/aromatic N) is 4. The minimum atomic E-state index is -2.91. The van der Waals surface area contributed by atoms with Crippen molar-refractivity contribution in [2.45, 2.75) is 38.0 Å². The number of halogens is 2. The second-order valence-corrected chi connectivity index (χ2v) is 7.50. The lowest BCUT2D eigenvalue weighted by molar-refractivity contribution is -0.0498. The van der Waals surface area contributed by atoms with Crippen molar-refractivity contribution in [3.63, 3.8) is 0 Å². The van der Waals surface area contributed by atoms with Gasteiger partial charge in [-0.3, -0.25) is 9.48 Å². The van der Waals surface area contributed by atoms with E-state index < -0.39 is 12.5 Å². The maximum absolute atomic E-state index is 12.3. The van der Waals surface area contributed by atoms with Crippen LogP contribution in [0.4, 0.5) is 20.3 Å². The summed E-state index contributed by atoms with van der Waals surface area (Å²) < 4.78 is 30.5. The minimum Gasteiger partial charge on any atom is -0.435 e. The molecular weight excluding hydrogens is 394 g/mol. The Hall–Kier alpha value is -3.19. The summed E-state index contributed by atoms with van der Waals surface area (Å²) >= 11 is 0. The third-order valence-electron chi connectivity index (χ3n) is 5.36. The Balaban J connectivity index is 1.82. The molecule has 2 aromatic rings. The Kier molecular flexibility index (Phi) is 6.52. The summed E-state index contributed by atoms with van der Waals surface area (Å²) in [6.45, 7) is -2.91. The van der Waals surface area contributed by atoms with Gasteiger partial charge in [0.2, 0.25) is 0 Å². The quantitative estimate of drug-likeness (QED) is 0.715. The van der Waals surface area contributed by atoms with Gasteiger partial charge in [0, 0.05) is 17.9 Å². The number of benzene rings is 1. The van der Waals surface area contributed by atoms with E-state index in [0.717, 1.165) is 12.8 Å². The maximum Gasteiger partial charge on any atom is 0.387 e. The smallest absolute Gasteiger partial charge is 0.387 e. The molecule has 1 aromatic heterocycles. The molecule has 0 unspecified atom stereocenters. The molecule has 160 valence electrons. The number of nitrogens with one attached hydrogen (secondary N) is 1. The van der Waals surface area contributed by atoms with Crippen LogP contribution in [-0.4, -0.2) is 47.3 Å². The van der Waals surface area contributed by atoms with Gasteiger partial charge in [-0.15, -0.1) is 0 Å². The highest BCUT2D eigenvalue weighted by atomic mass is 19.3. The Morgan fingerprint density at radius 3 is 2.63 bits per heavy atom. The van der Waals surface area contributed by atoms with E-state index in [9.17, 15) is 18.8 Å². The van der Waals surface area contributed by atoms with E-state index in [1.807, 2.05) is 14.1 Å². The number of hydrogen-bond donors (Lipinski definition) is 2. The van der Waals surface area contributed by atoms with Crippen LogP contribution < -0.4 is 15.8 Å². The molecule has 30 heavy (non-hydrogen) atoms. The van der Waals surface area contributed by atoms with Crippen LogP contribution in [0.2, 0.25) is 0 Å². The van der Waals surface area contributed by atoms with E-state index in [-0.39, 0.29) is 29.1 Å². The van der Waals surface area contributed by atoms with Gasteiger partial charge in [0.15, 0.2) is 5.82 Å². The van der Waals surface area contributed by atoms with Gasteiger partial charge < -0.3 is 20.7 Å². The lowest BCUT2D eigenvalue weighted by atomic mass is 9.82. The molecule has 0 radical (unpaired) electrons. The summed E-state index contributed by atoms with van der Waals surface area (Å²) in [5.74, 6) is -0.635. The summed E-state index contributed by atoms with van der Waals surface area (Å²) in [6.07, 6.45) is 3.94. The van der Waals surface area contributed by atoms with E-state index in [1.165, 1.54) is 24.3 Å². The van der Waals surface area contributed by atoms with Crippen molar-refractivity contribution >= 4 is 17.4 Å². The van der Waals surface area contributed by atoms with E-state index >= 15 is 0 Å². The molecule has 1 amide bonds. The average Bonchev–Trinajstić information content (AvgIpc) is 3.12. The second-order valence-electron chi connectivity index (χ2n) is 7.50. The van der Waals surface area contributed by atoms with Crippen LogP contribution in [0, 0.1) is 17.2 Å². The normalized spacial score (nSPS) is 21.4. The minimum absolute atomic E-state index is 0.0192. The summed E-state index contributed by atoms with van der Waals surface area (Å²) in [6, 6.07) is 8.34. The number of ether oxygens (including phenoxy) is 1. The third kappa shape index (κ3) is 4.86. The number of rotatable bonds is 7. The van der Waals surface area contributed by atoms with Crippen molar-refractivity contribution in [2.24, 2.45) is 11.7 Å². The third-order valence-corrected chi connectivity index (χ3v) is 5.36. The fourth-order valence-electron chi connectivity index (χ4n) is 3.75. The van der Waals surface area contributed by atoms with Crippen LogP contribution in [0.15, 0.2) is 30.5 Å². The van der Waals surface area contributed by atoms with E-state index in [0.29, 0.717) is 18.2 Å². The molecule has 1 fully saturated rings. The number of amides is 1. The van der Waals surface area contributed by atoms with Gasteiger partial charge in [-0.1, -0.05) is 0 Å². The first-order valence-electron chi connectivity index (χ1n) is 9.55. The molecule has 3 N–H and O–H groups in total. The van der Waals surface area contributed by atoms with Gasteiger partial charge in [-0.2, -0.15) is 19.1 Å². The highest BCUT2D eigenvalue weighted by Gasteiger charge is 2.34. The highest BCUT2D eigenvalue weighted by Crippen LogP contribution is 2.36. The molecule has 0 aliphatic heterocycles. The number of anilines is 2. The van der Waals surface area contributed by atoms with Crippen LogP contribution in [0.1, 0.15) is 35.7 Å². The molecule has 8 nitrogen and oxygen atoms in total. The van der Waals surface area contributed by atoms with Gasteiger partial charge in [-0.05, 0) is 57.6 Å². The van der Waals surface area contributed by atoms with Crippen molar-refractivity contribution in [1.29, 1.82) is 5.26 Å². The van der Waals surface area contributed by atoms with Gasteiger partial charge in [0.1, 0.15) is 11.3 Å². The molecule has 1 saturated carbocycles. The summed E-state index contributed by atoms with van der Waals surface area (Å²) in [5, 5.41) is 17.1. The average molecular weight is 418 g/mol. The van der Waals surface area contributed by atoms with E-state index in [4.69, 9.17) is 5.73 Å². The molecule has 0 saturated heterocycles. The predicted octanol–water partition coefficient (Wildman–Crippen LogP) is 3.12. The molecule has 0 bridgehead atoms. The number of carbonyl (C=O) groups is 1. The number of nitrogens with two attached hydrogens (primary N) is 1. The van der Waals surface area contributed by atoms with Crippen molar-refractivity contribution in [3.05, 3.63) is 36.0 Å². The number of carbonyl (C=O) groups excluding carboxylic acids is 1. The van der Waals surface area contributed by atoms with Crippen molar-refractivity contribution < 1.29 is 18.3 Å². The van der Waals surface area contributed by atoms with E-state index in [1.54, 1.807) is 10.9 Å². The van der Waals surface area contributed by atoms with Gasteiger partial charge in [0.25, 0.3) is 5.91 Å². The first kappa shape index (κ1) is 21.5. The number of hydrogen-bond acceptors (Lipinski definition) is 6. The Morgan fingerprint density at radius 1 is 1.37 bits per heavy atom. The molecule has 3 atom stereocenters. The zero-order chi connectivity index (χ0) is 21.8. The SMILES string of the molecule is CN(C)[C@H]1CC[C@H](n2cc(C(N)=O)c(Nc3ccc(OC(F)F)cc3)n2)[C@@H](C#N)C1. The lowest BCUT2D eigenvalue weighted by Gasteiger charge is -2.35. The zero-order valence-corrected chi connectivity index (χ0v) is 16.8. The molecule has 0 spiro atoms. The van der Waals surface area contributed by atoms with Crippen molar-refractivity contribution in [1.82, 2.24) is 14.7 Å². The van der Waals surface area contributed by atoms with Crippen LogP contribution in [-0.2, 0) is 0 Å². The number of aromatic nitrogens is 2. The number of alkyl halides is 2. The number of nitriles is 1. The van der Waals surface area contributed by atoms with Crippen LogP contribution in [0.3, 0.4) is 0 Å². The molecule has 1 aliphatic carbocycles. The summed E-state index contributed by atoms with van der Waals surface area (Å²) in [5.41, 5.74) is 6.23. The fraction of sp³-hybridized carbons (Fsp3) is 0.450. The Labute approximate surface area is 173 Å². The second kappa shape index (κ2) is 9.09. The Morgan fingerprint density at radius 2 is 2.07 bits per heavy atom. The standard InChI is InChI=1S/C20H24F2N6O2/c1-27(2)14-5-8-17(12(9-14)10-23)28-11-16(18(24)29)19(26-28)25-13-3-6-15(7-4-13)30-20(21)22/h3-4,6-7,11-12,14,17,20H,5,8-9H2,1-2H3,(H2,24,29)(H,25,26)/t12-,14+,17+/m1/s1. The fourth-order valence-corrected chi connectivity index (χ4v) is 3.75. The van der Waals surface area contributed by atoms with E-state index in [2.05, 4.69) is 26.1 Å². The van der Waals surface area contributed by atoms with Gasteiger partial charge >= 0.3 is 6.61 Å². The number of primary amides is 1. The Bertz CT molecular complexity index is 922. The molecule has 1 aliphatic rings. The maximum atomic E-state index is 12.3. The summed E-state index contributed by atoms with van der Waals surface area (Å²) in [7, 11) is 4.00. The zero-order valence-electron chi connectivity index (χ0n) is 16.8.